The van der Waals surface area contributed by atoms with Crippen molar-refractivity contribution in [3.63, 3.8) is 0 Å². The first-order valence-corrected chi connectivity index (χ1v) is 6.44. The molecule has 0 saturated heterocycles. The Hall–Kier alpha value is -2.31. The first-order chi connectivity index (χ1) is 9.63. The molecule has 104 valence electrons. The summed E-state index contributed by atoms with van der Waals surface area (Å²) in [7, 11) is 0. The number of halogens is 1. The van der Waals surface area contributed by atoms with Gasteiger partial charge in [-0.15, -0.1) is 0 Å². The third kappa shape index (κ3) is 4.11. The highest BCUT2D eigenvalue weighted by atomic mass is 35.5. The van der Waals surface area contributed by atoms with Gasteiger partial charge in [0.25, 0.3) is 5.91 Å². The van der Waals surface area contributed by atoms with Gasteiger partial charge >= 0.3 is 0 Å². The van der Waals surface area contributed by atoms with Gasteiger partial charge in [-0.2, -0.15) is 10.5 Å². The van der Waals surface area contributed by atoms with Crippen molar-refractivity contribution in [2.24, 2.45) is 0 Å². The van der Waals surface area contributed by atoms with E-state index in [-0.39, 0.29) is 23.7 Å². The van der Waals surface area contributed by atoms with Gasteiger partial charge in [-0.1, -0.05) is 18.5 Å². The molecule has 0 aliphatic heterocycles. The zero-order valence-corrected chi connectivity index (χ0v) is 11.8. The smallest absolute Gasteiger partial charge is 0.257 e. The molecule has 1 N–H and O–H groups in total. The van der Waals surface area contributed by atoms with Crippen molar-refractivity contribution in [3.8, 4) is 12.1 Å². The van der Waals surface area contributed by atoms with Crippen molar-refractivity contribution in [2.45, 2.75) is 13.3 Å². The maximum Gasteiger partial charge on any atom is 0.257 e. The standard InChI is InChI=1S/C13H14ClN5O/c1-2-5-17-12-8-10(11(14)9-18-12)13(20)19(6-3-15)7-4-16/h8-9H,2,5-7H2,1H3,(H,17,18). The largest absolute Gasteiger partial charge is 0.370 e. The number of rotatable bonds is 6. The summed E-state index contributed by atoms with van der Waals surface area (Å²) >= 11 is 5.97. The second kappa shape index (κ2) is 7.98. The lowest BCUT2D eigenvalue weighted by molar-refractivity contribution is 0.0795. The second-order valence-corrected chi connectivity index (χ2v) is 4.36. The van der Waals surface area contributed by atoms with Crippen LogP contribution in [0.1, 0.15) is 23.7 Å². The second-order valence-electron chi connectivity index (χ2n) is 3.95. The van der Waals surface area contributed by atoms with E-state index in [9.17, 15) is 4.79 Å². The van der Waals surface area contributed by atoms with E-state index in [1.54, 1.807) is 0 Å². The van der Waals surface area contributed by atoms with E-state index >= 15 is 0 Å². The summed E-state index contributed by atoms with van der Waals surface area (Å²) in [5.41, 5.74) is 0.228. The number of carbonyl (C=O) groups is 1. The van der Waals surface area contributed by atoms with Gasteiger partial charge in [0.2, 0.25) is 0 Å². The molecule has 0 fully saturated rings. The lowest BCUT2D eigenvalue weighted by Gasteiger charge is -2.17. The zero-order chi connectivity index (χ0) is 15.0. The fourth-order valence-electron chi connectivity index (χ4n) is 1.49. The molecule has 1 heterocycles. The van der Waals surface area contributed by atoms with Crippen LogP contribution in [0.15, 0.2) is 12.3 Å². The van der Waals surface area contributed by atoms with Crippen LogP contribution in [0.2, 0.25) is 5.02 Å². The van der Waals surface area contributed by atoms with Crippen LogP contribution in [0.5, 0.6) is 0 Å². The predicted molar refractivity (Wildman–Crippen MR) is 75.2 cm³/mol. The summed E-state index contributed by atoms with van der Waals surface area (Å²) < 4.78 is 0. The number of nitrogens with one attached hydrogen (secondary N) is 1. The summed E-state index contributed by atoms with van der Waals surface area (Å²) in [5, 5.41) is 20.6. The van der Waals surface area contributed by atoms with Crippen LogP contribution >= 0.6 is 11.6 Å². The SMILES string of the molecule is CCCNc1cc(C(=O)N(CC#N)CC#N)c(Cl)cn1. The molecule has 1 aromatic rings. The molecule has 0 radical (unpaired) electrons. The topological polar surface area (TPSA) is 92.8 Å². The molecule has 0 spiro atoms. The lowest BCUT2D eigenvalue weighted by Crippen LogP contribution is -2.32. The first kappa shape index (κ1) is 15.7. The summed E-state index contributed by atoms with van der Waals surface area (Å²) in [6, 6.07) is 5.23. The molecular weight excluding hydrogens is 278 g/mol. The molecule has 20 heavy (non-hydrogen) atoms. The number of amides is 1. The molecule has 0 aromatic carbocycles. The van der Waals surface area contributed by atoms with Crippen LogP contribution in [0.4, 0.5) is 5.82 Å². The van der Waals surface area contributed by atoms with Crippen LogP contribution in [0.3, 0.4) is 0 Å². The first-order valence-electron chi connectivity index (χ1n) is 6.06. The minimum Gasteiger partial charge on any atom is -0.370 e. The number of nitriles is 2. The highest BCUT2D eigenvalue weighted by molar-refractivity contribution is 6.33. The van der Waals surface area contributed by atoms with Crippen molar-refractivity contribution < 1.29 is 4.79 Å². The van der Waals surface area contributed by atoms with E-state index in [1.165, 1.54) is 12.3 Å². The number of carbonyl (C=O) groups excluding carboxylic acids is 1. The van der Waals surface area contributed by atoms with Crippen molar-refractivity contribution >= 4 is 23.3 Å². The Balaban J connectivity index is 3.01. The monoisotopic (exact) mass is 291 g/mol. The molecule has 0 saturated carbocycles. The van der Waals surface area contributed by atoms with Crippen molar-refractivity contribution in [1.82, 2.24) is 9.88 Å². The summed E-state index contributed by atoms with van der Waals surface area (Å²) in [6.07, 6.45) is 2.30. The molecule has 1 aromatic heterocycles. The third-order valence-electron chi connectivity index (χ3n) is 2.45. The molecule has 7 heteroatoms. The molecule has 1 rings (SSSR count). The number of pyridine rings is 1. The molecular formula is C13H14ClN5O. The van der Waals surface area contributed by atoms with Crippen LogP contribution in [0, 0.1) is 22.7 Å². The highest BCUT2D eigenvalue weighted by Gasteiger charge is 2.19. The van der Waals surface area contributed by atoms with Gasteiger partial charge in [0.15, 0.2) is 0 Å². The number of hydrogen-bond acceptors (Lipinski definition) is 5. The maximum atomic E-state index is 12.3. The quantitative estimate of drug-likeness (QED) is 0.810. The lowest BCUT2D eigenvalue weighted by atomic mass is 10.2. The van der Waals surface area contributed by atoms with Crippen LogP contribution in [-0.2, 0) is 0 Å². The number of anilines is 1. The van der Waals surface area contributed by atoms with Gasteiger partial charge in [-0.25, -0.2) is 4.98 Å². The number of nitrogens with zero attached hydrogens (tertiary/aromatic N) is 4. The van der Waals surface area contributed by atoms with Crippen molar-refractivity contribution in [1.29, 1.82) is 10.5 Å². The predicted octanol–water partition coefficient (Wildman–Crippen LogP) is 2.05. The molecule has 0 aliphatic carbocycles. The van der Waals surface area contributed by atoms with Gasteiger partial charge in [0, 0.05) is 12.7 Å². The Morgan fingerprint density at radius 2 is 2.10 bits per heavy atom. The summed E-state index contributed by atoms with van der Waals surface area (Å²) in [5.74, 6) is 0.0773. The van der Waals surface area contributed by atoms with E-state index < -0.39 is 5.91 Å². The minimum atomic E-state index is -0.458. The number of hydrogen-bond donors (Lipinski definition) is 1. The van der Waals surface area contributed by atoms with Crippen molar-refractivity contribution in [2.75, 3.05) is 25.0 Å². The average Bonchev–Trinajstić information content (AvgIpc) is 2.45. The van der Waals surface area contributed by atoms with Crippen molar-refractivity contribution in [3.05, 3.63) is 22.8 Å². The molecule has 6 nitrogen and oxygen atoms in total. The van der Waals surface area contributed by atoms with Gasteiger partial charge in [-0.3, -0.25) is 4.79 Å². The molecule has 0 bridgehead atoms. The fraction of sp³-hybridized carbons (Fsp3) is 0.385. The van der Waals surface area contributed by atoms with E-state index in [4.69, 9.17) is 22.1 Å². The Kier molecular flexibility index (Phi) is 6.28. The number of aromatic nitrogens is 1. The van der Waals surface area contributed by atoms with Gasteiger partial charge in [0.05, 0.1) is 22.7 Å². The normalized spacial score (nSPS) is 9.40. The zero-order valence-electron chi connectivity index (χ0n) is 11.1. The fourth-order valence-corrected chi connectivity index (χ4v) is 1.68. The molecule has 0 unspecified atom stereocenters. The Morgan fingerprint density at radius 3 is 2.65 bits per heavy atom. The Labute approximate surface area is 122 Å². The van der Waals surface area contributed by atoms with E-state index in [0.717, 1.165) is 17.9 Å². The molecule has 1 amide bonds. The van der Waals surface area contributed by atoms with Gasteiger partial charge in [-0.05, 0) is 12.5 Å². The maximum absolute atomic E-state index is 12.3. The average molecular weight is 292 g/mol. The molecule has 0 aliphatic rings. The molecule has 0 atom stereocenters. The summed E-state index contributed by atoms with van der Waals surface area (Å²) in [4.78, 5) is 17.5. The van der Waals surface area contributed by atoms with E-state index in [1.807, 2.05) is 19.1 Å². The van der Waals surface area contributed by atoms with Crippen LogP contribution in [-0.4, -0.2) is 35.4 Å². The minimum absolute atomic E-state index is 0.164. The Morgan fingerprint density at radius 1 is 1.45 bits per heavy atom. The van der Waals surface area contributed by atoms with E-state index in [2.05, 4.69) is 10.3 Å². The Bertz CT molecular complexity index is 545. The van der Waals surface area contributed by atoms with Gasteiger partial charge < -0.3 is 10.2 Å². The van der Waals surface area contributed by atoms with Crippen LogP contribution in [0.25, 0.3) is 0 Å². The van der Waals surface area contributed by atoms with Gasteiger partial charge in [0.1, 0.15) is 18.9 Å². The van der Waals surface area contributed by atoms with E-state index in [0.29, 0.717) is 5.82 Å². The summed E-state index contributed by atoms with van der Waals surface area (Å²) in [6.45, 7) is 2.41. The highest BCUT2D eigenvalue weighted by Crippen LogP contribution is 2.20. The third-order valence-corrected chi connectivity index (χ3v) is 2.75. The van der Waals surface area contributed by atoms with Crippen LogP contribution < -0.4 is 5.32 Å².